The number of likely N-dealkylation sites (N-methyl/N-ethyl adjacent to an activating group) is 1. The molecule has 8 heteroatoms. The quantitative estimate of drug-likeness (QED) is 0.498. The summed E-state index contributed by atoms with van der Waals surface area (Å²) in [7, 11) is 3.74. The van der Waals surface area contributed by atoms with Gasteiger partial charge in [0, 0.05) is 38.2 Å². The van der Waals surface area contributed by atoms with Gasteiger partial charge >= 0.3 is 0 Å². The van der Waals surface area contributed by atoms with Crippen LogP contribution >= 0.6 is 0 Å². The third kappa shape index (κ3) is 3.69. The number of aromatic nitrogens is 4. The third-order valence-corrected chi connectivity index (χ3v) is 5.96. The fourth-order valence-corrected chi connectivity index (χ4v) is 4.14. The van der Waals surface area contributed by atoms with Crippen LogP contribution in [-0.2, 0) is 0 Å². The smallest absolute Gasteiger partial charge is 0.274 e. The number of piperazine rings is 1. The monoisotopic (exact) mass is 428 g/mol. The van der Waals surface area contributed by atoms with E-state index in [1.807, 2.05) is 41.3 Å². The molecule has 8 nitrogen and oxygen atoms in total. The molecule has 32 heavy (non-hydrogen) atoms. The highest BCUT2D eigenvalue weighted by Crippen LogP contribution is 2.28. The number of imidazole rings is 1. The number of ether oxygens (including phenoxy) is 1. The number of hydrogen-bond donors (Lipinski definition) is 0. The van der Waals surface area contributed by atoms with Gasteiger partial charge in [-0.3, -0.25) is 19.1 Å². The van der Waals surface area contributed by atoms with Crippen LogP contribution in [0.2, 0.25) is 0 Å². The molecule has 0 radical (unpaired) electrons. The lowest BCUT2D eigenvalue weighted by molar-refractivity contribution is 0.0535. The van der Waals surface area contributed by atoms with Crippen molar-refractivity contribution in [3.8, 4) is 17.0 Å². The first-order valence-electron chi connectivity index (χ1n) is 10.5. The summed E-state index contributed by atoms with van der Waals surface area (Å²) in [5.41, 5.74) is 4.31. The first-order chi connectivity index (χ1) is 15.6. The molecule has 1 aliphatic heterocycles. The van der Waals surface area contributed by atoms with Crippen molar-refractivity contribution in [2.24, 2.45) is 0 Å². The van der Waals surface area contributed by atoms with Crippen molar-refractivity contribution in [1.29, 1.82) is 0 Å². The molecule has 1 saturated heterocycles. The van der Waals surface area contributed by atoms with Gasteiger partial charge in [0.25, 0.3) is 5.91 Å². The Kier molecular flexibility index (Phi) is 5.28. The van der Waals surface area contributed by atoms with Crippen molar-refractivity contribution in [3.05, 3.63) is 78.6 Å². The summed E-state index contributed by atoms with van der Waals surface area (Å²) in [4.78, 5) is 30.1. The van der Waals surface area contributed by atoms with Gasteiger partial charge in [0.1, 0.15) is 17.1 Å². The maximum absolute atomic E-state index is 12.9. The summed E-state index contributed by atoms with van der Waals surface area (Å²) in [5.74, 6) is 0.725. The van der Waals surface area contributed by atoms with Crippen LogP contribution in [-0.4, -0.2) is 68.9 Å². The highest BCUT2D eigenvalue weighted by Gasteiger charge is 2.31. The lowest BCUT2D eigenvalue weighted by atomic mass is 10.1. The molecule has 1 aromatic carbocycles. The molecular formula is C24H24N6O2. The molecular weight excluding hydrogens is 404 g/mol. The van der Waals surface area contributed by atoms with Crippen molar-refractivity contribution in [3.63, 3.8) is 0 Å². The van der Waals surface area contributed by atoms with E-state index in [-0.39, 0.29) is 11.9 Å². The number of carbonyl (C=O) groups is 1. The SMILES string of the molecule is COc1ccc(-c2cccc3nc([C@@H]4CN(C(=O)c5cnccn5)CCN4C)cn23)cc1. The molecule has 3 aromatic heterocycles. The Hall–Kier alpha value is -3.78. The zero-order chi connectivity index (χ0) is 22.1. The molecule has 0 saturated carbocycles. The van der Waals surface area contributed by atoms with Crippen molar-refractivity contribution in [2.75, 3.05) is 33.8 Å². The van der Waals surface area contributed by atoms with Gasteiger partial charge in [0.05, 0.1) is 30.7 Å². The van der Waals surface area contributed by atoms with Gasteiger partial charge in [-0.25, -0.2) is 9.97 Å². The van der Waals surface area contributed by atoms with Gasteiger partial charge in [-0.2, -0.15) is 0 Å². The molecule has 0 bridgehead atoms. The number of amides is 1. The van der Waals surface area contributed by atoms with E-state index in [0.29, 0.717) is 18.8 Å². The van der Waals surface area contributed by atoms with Crippen molar-refractivity contribution in [2.45, 2.75) is 6.04 Å². The van der Waals surface area contributed by atoms with Crippen molar-refractivity contribution >= 4 is 11.6 Å². The minimum Gasteiger partial charge on any atom is -0.497 e. The summed E-state index contributed by atoms with van der Waals surface area (Å²) >= 11 is 0. The number of pyridine rings is 1. The van der Waals surface area contributed by atoms with Gasteiger partial charge in [-0.05, 0) is 49.0 Å². The molecule has 0 N–H and O–H groups in total. The first kappa shape index (κ1) is 20.1. The number of fused-ring (bicyclic) bond motifs is 1. The van der Waals surface area contributed by atoms with Crippen molar-refractivity contribution in [1.82, 2.24) is 29.2 Å². The van der Waals surface area contributed by atoms with Crippen LogP contribution in [0, 0.1) is 0 Å². The minimum absolute atomic E-state index is 0.00649. The van der Waals surface area contributed by atoms with E-state index in [2.05, 4.69) is 38.6 Å². The summed E-state index contributed by atoms with van der Waals surface area (Å²) in [6, 6.07) is 14.1. The van der Waals surface area contributed by atoms with E-state index in [1.165, 1.54) is 6.20 Å². The van der Waals surface area contributed by atoms with E-state index in [0.717, 1.165) is 34.9 Å². The maximum atomic E-state index is 12.9. The maximum Gasteiger partial charge on any atom is 0.274 e. The van der Waals surface area contributed by atoms with Gasteiger partial charge < -0.3 is 9.64 Å². The summed E-state index contributed by atoms with van der Waals surface area (Å²) in [6.07, 6.45) is 6.71. The topological polar surface area (TPSA) is 75.9 Å². The number of benzene rings is 1. The average molecular weight is 428 g/mol. The Morgan fingerprint density at radius 3 is 2.69 bits per heavy atom. The van der Waals surface area contributed by atoms with Gasteiger partial charge in [0.15, 0.2) is 0 Å². The number of nitrogens with zero attached hydrogens (tertiary/aromatic N) is 6. The highest BCUT2D eigenvalue weighted by atomic mass is 16.5. The van der Waals surface area contributed by atoms with Gasteiger partial charge in [0.2, 0.25) is 0 Å². The first-order valence-corrected chi connectivity index (χ1v) is 10.5. The van der Waals surface area contributed by atoms with E-state index in [4.69, 9.17) is 9.72 Å². The molecule has 0 spiro atoms. The predicted molar refractivity (Wildman–Crippen MR) is 120 cm³/mol. The van der Waals surface area contributed by atoms with Crippen LogP contribution < -0.4 is 4.74 Å². The highest BCUT2D eigenvalue weighted by molar-refractivity contribution is 5.92. The fourth-order valence-electron chi connectivity index (χ4n) is 4.14. The Labute approximate surface area is 186 Å². The molecule has 4 aromatic rings. The predicted octanol–water partition coefficient (Wildman–Crippen LogP) is 2.93. The minimum atomic E-state index is -0.0983. The second-order valence-electron chi connectivity index (χ2n) is 7.87. The molecule has 1 amide bonds. The molecule has 5 rings (SSSR count). The molecule has 0 aliphatic carbocycles. The van der Waals surface area contributed by atoms with Crippen LogP contribution in [0.5, 0.6) is 5.75 Å². The normalized spacial score (nSPS) is 16.9. The zero-order valence-electron chi connectivity index (χ0n) is 18.0. The van der Waals surface area contributed by atoms with E-state index in [1.54, 1.807) is 19.5 Å². The molecule has 1 fully saturated rings. The van der Waals surface area contributed by atoms with Crippen LogP contribution in [0.1, 0.15) is 22.2 Å². The second-order valence-corrected chi connectivity index (χ2v) is 7.87. The number of carbonyl (C=O) groups excluding carboxylic acids is 1. The Morgan fingerprint density at radius 1 is 1.09 bits per heavy atom. The zero-order valence-corrected chi connectivity index (χ0v) is 18.0. The average Bonchev–Trinajstić information content (AvgIpc) is 3.29. The van der Waals surface area contributed by atoms with Crippen molar-refractivity contribution < 1.29 is 9.53 Å². The Morgan fingerprint density at radius 2 is 1.94 bits per heavy atom. The number of hydrogen-bond acceptors (Lipinski definition) is 6. The number of methoxy groups -OCH3 is 1. The standard InChI is InChI=1S/C24H24N6O2/c1-28-12-13-29(24(31)19-14-25-10-11-26-19)16-22(28)20-15-30-21(4-3-5-23(30)27-20)17-6-8-18(32-2)9-7-17/h3-11,14-15,22H,12-13,16H2,1-2H3/t22-/m0/s1. The van der Waals surface area contributed by atoms with Crippen LogP contribution in [0.3, 0.4) is 0 Å². The van der Waals surface area contributed by atoms with Gasteiger partial charge in [-0.1, -0.05) is 6.07 Å². The summed E-state index contributed by atoms with van der Waals surface area (Å²) < 4.78 is 7.39. The van der Waals surface area contributed by atoms with E-state index < -0.39 is 0 Å². The lowest BCUT2D eigenvalue weighted by Gasteiger charge is -2.38. The van der Waals surface area contributed by atoms with E-state index >= 15 is 0 Å². The largest absolute Gasteiger partial charge is 0.497 e. The molecule has 1 aliphatic rings. The van der Waals surface area contributed by atoms with Crippen LogP contribution in [0.4, 0.5) is 0 Å². The summed E-state index contributed by atoms with van der Waals surface area (Å²) in [5, 5.41) is 0. The van der Waals surface area contributed by atoms with E-state index in [9.17, 15) is 4.79 Å². The molecule has 1 atom stereocenters. The Bertz CT molecular complexity index is 1240. The van der Waals surface area contributed by atoms with Crippen LogP contribution in [0.25, 0.3) is 16.9 Å². The lowest BCUT2D eigenvalue weighted by Crippen LogP contribution is -2.49. The molecule has 4 heterocycles. The second kappa shape index (κ2) is 8.39. The number of rotatable bonds is 4. The van der Waals surface area contributed by atoms with Gasteiger partial charge in [-0.15, -0.1) is 0 Å². The fraction of sp³-hybridized carbons (Fsp3) is 0.250. The summed E-state index contributed by atoms with van der Waals surface area (Å²) in [6.45, 7) is 1.95. The Balaban J connectivity index is 1.46. The van der Waals surface area contributed by atoms with Crippen LogP contribution in [0.15, 0.2) is 67.3 Å². The molecule has 0 unspecified atom stereocenters. The third-order valence-electron chi connectivity index (χ3n) is 5.96. The molecule has 162 valence electrons.